The predicted molar refractivity (Wildman–Crippen MR) is 62.3 cm³/mol. The molecule has 0 aliphatic carbocycles. The molecule has 4 nitrogen and oxygen atoms in total. The summed E-state index contributed by atoms with van der Waals surface area (Å²) in [5.41, 5.74) is 6.47. The first-order valence-corrected chi connectivity index (χ1v) is 4.95. The molecule has 1 aromatic carbocycles. The van der Waals surface area contributed by atoms with E-state index in [0.29, 0.717) is 11.5 Å². The highest BCUT2D eigenvalue weighted by atomic mass is 35.5. The van der Waals surface area contributed by atoms with Crippen LogP contribution in [-0.4, -0.2) is 9.78 Å². The average Bonchev–Trinajstić information content (AvgIpc) is 2.60. The van der Waals surface area contributed by atoms with Gasteiger partial charge in [-0.05, 0) is 6.07 Å². The van der Waals surface area contributed by atoms with Gasteiger partial charge in [-0.2, -0.15) is 5.10 Å². The van der Waals surface area contributed by atoms with Crippen molar-refractivity contribution in [3.8, 4) is 0 Å². The van der Waals surface area contributed by atoms with Crippen molar-refractivity contribution < 1.29 is 4.39 Å². The quantitative estimate of drug-likeness (QED) is 0.794. The Kier molecular flexibility index (Phi) is 2.70. The van der Waals surface area contributed by atoms with Crippen molar-refractivity contribution in [2.75, 3.05) is 11.1 Å². The highest BCUT2D eigenvalue weighted by Gasteiger charge is 2.07. The van der Waals surface area contributed by atoms with E-state index in [2.05, 4.69) is 10.4 Å². The lowest BCUT2D eigenvalue weighted by molar-refractivity contribution is 0.629. The van der Waals surface area contributed by atoms with Gasteiger partial charge in [0.15, 0.2) is 5.82 Å². The fraction of sp³-hybridized carbons (Fsp3) is 0.100. The van der Waals surface area contributed by atoms with Crippen LogP contribution in [0.15, 0.2) is 24.4 Å². The van der Waals surface area contributed by atoms with Gasteiger partial charge in [0, 0.05) is 25.4 Å². The molecule has 1 heterocycles. The van der Waals surface area contributed by atoms with Gasteiger partial charge in [0.1, 0.15) is 5.82 Å². The maximum atomic E-state index is 13.0. The minimum Gasteiger partial charge on any atom is -0.397 e. The number of nitrogens with one attached hydrogen (secondary N) is 1. The largest absolute Gasteiger partial charge is 0.397 e. The molecule has 0 radical (unpaired) electrons. The Morgan fingerprint density at radius 2 is 2.25 bits per heavy atom. The molecule has 2 aromatic rings. The molecule has 0 spiro atoms. The number of nitrogens with two attached hydrogens (primary N) is 1. The number of hydrogen-bond donors (Lipinski definition) is 2. The van der Waals surface area contributed by atoms with E-state index < -0.39 is 5.82 Å². The molecule has 0 aliphatic rings. The number of hydrogen-bond acceptors (Lipinski definition) is 3. The van der Waals surface area contributed by atoms with E-state index in [1.165, 1.54) is 12.1 Å². The summed E-state index contributed by atoms with van der Waals surface area (Å²) < 4.78 is 14.7. The molecule has 6 heteroatoms. The molecule has 0 bridgehead atoms. The van der Waals surface area contributed by atoms with E-state index in [9.17, 15) is 4.39 Å². The number of aromatic nitrogens is 2. The minimum atomic E-state index is -0.536. The first-order chi connectivity index (χ1) is 7.56. The summed E-state index contributed by atoms with van der Waals surface area (Å²) in [5, 5.41) is 7.09. The van der Waals surface area contributed by atoms with Crippen LogP contribution in [0.1, 0.15) is 0 Å². The van der Waals surface area contributed by atoms with Crippen LogP contribution >= 0.6 is 11.6 Å². The van der Waals surface area contributed by atoms with Crippen molar-refractivity contribution >= 4 is 28.8 Å². The summed E-state index contributed by atoms with van der Waals surface area (Å²) in [7, 11) is 1.80. The van der Waals surface area contributed by atoms with Gasteiger partial charge in [-0.25, -0.2) is 4.39 Å². The van der Waals surface area contributed by atoms with E-state index >= 15 is 0 Å². The molecule has 0 fully saturated rings. The maximum Gasteiger partial charge on any atom is 0.152 e. The second-order valence-electron chi connectivity index (χ2n) is 3.35. The number of anilines is 3. The first-order valence-electron chi connectivity index (χ1n) is 4.57. The molecule has 0 saturated heterocycles. The topological polar surface area (TPSA) is 55.9 Å². The van der Waals surface area contributed by atoms with E-state index in [-0.39, 0.29) is 10.7 Å². The average molecular weight is 241 g/mol. The molecule has 0 atom stereocenters. The van der Waals surface area contributed by atoms with E-state index in [1.807, 2.05) is 0 Å². The number of halogens is 2. The van der Waals surface area contributed by atoms with Crippen molar-refractivity contribution in [1.29, 1.82) is 0 Å². The van der Waals surface area contributed by atoms with E-state index in [1.54, 1.807) is 24.0 Å². The van der Waals surface area contributed by atoms with Crippen LogP contribution in [-0.2, 0) is 7.05 Å². The molecule has 0 amide bonds. The van der Waals surface area contributed by atoms with E-state index in [0.717, 1.165) is 0 Å². The zero-order valence-electron chi connectivity index (χ0n) is 8.54. The van der Waals surface area contributed by atoms with Crippen molar-refractivity contribution in [2.45, 2.75) is 0 Å². The molecule has 84 valence electrons. The monoisotopic (exact) mass is 240 g/mol. The highest BCUT2D eigenvalue weighted by molar-refractivity contribution is 6.31. The van der Waals surface area contributed by atoms with Gasteiger partial charge in [-0.1, -0.05) is 11.6 Å². The molecular weight excluding hydrogens is 231 g/mol. The van der Waals surface area contributed by atoms with Gasteiger partial charge in [-0.15, -0.1) is 0 Å². The third-order valence-corrected chi connectivity index (χ3v) is 2.36. The van der Waals surface area contributed by atoms with Crippen molar-refractivity contribution in [1.82, 2.24) is 9.78 Å². The second kappa shape index (κ2) is 4.02. The van der Waals surface area contributed by atoms with Crippen LogP contribution < -0.4 is 11.1 Å². The Labute approximate surface area is 96.8 Å². The van der Waals surface area contributed by atoms with Crippen LogP contribution in [0.3, 0.4) is 0 Å². The smallest absolute Gasteiger partial charge is 0.152 e. The number of aryl methyl sites for hydroxylation is 1. The molecule has 0 saturated carbocycles. The Morgan fingerprint density at radius 1 is 1.50 bits per heavy atom. The number of benzene rings is 1. The summed E-state index contributed by atoms with van der Waals surface area (Å²) in [6.07, 6.45) is 1.78. The van der Waals surface area contributed by atoms with Crippen LogP contribution in [0.5, 0.6) is 0 Å². The summed E-state index contributed by atoms with van der Waals surface area (Å²) in [4.78, 5) is 0. The van der Waals surface area contributed by atoms with Gasteiger partial charge in [0.25, 0.3) is 0 Å². The highest BCUT2D eigenvalue weighted by Crippen LogP contribution is 2.28. The Hall–Kier alpha value is -1.75. The lowest BCUT2D eigenvalue weighted by Gasteiger charge is -2.07. The normalized spacial score (nSPS) is 10.4. The minimum absolute atomic E-state index is 0.0210. The lowest BCUT2D eigenvalue weighted by Crippen LogP contribution is -1.99. The third kappa shape index (κ3) is 2.09. The van der Waals surface area contributed by atoms with Gasteiger partial charge < -0.3 is 11.1 Å². The molecule has 0 aliphatic heterocycles. The van der Waals surface area contributed by atoms with Crippen molar-refractivity contribution in [3.05, 3.63) is 35.2 Å². The molecule has 0 unspecified atom stereocenters. The second-order valence-corrected chi connectivity index (χ2v) is 3.76. The van der Waals surface area contributed by atoms with Gasteiger partial charge in [0.05, 0.1) is 16.4 Å². The summed E-state index contributed by atoms with van der Waals surface area (Å²) >= 11 is 5.66. The molecule has 3 N–H and O–H groups in total. The van der Waals surface area contributed by atoms with Crippen molar-refractivity contribution in [3.63, 3.8) is 0 Å². The fourth-order valence-corrected chi connectivity index (χ4v) is 1.45. The van der Waals surface area contributed by atoms with Crippen LogP contribution in [0.2, 0.25) is 5.02 Å². The van der Waals surface area contributed by atoms with Crippen LogP contribution in [0, 0.1) is 5.82 Å². The molecule has 16 heavy (non-hydrogen) atoms. The zero-order valence-corrected chi connectivity index (χ0v) is 9.29. The predicted octanol–water partition coefficient (Wildman–Crippen LogP) is 2.54. The Morgan fingerprint density at radius 3 is 2.88 bits per heavy atom. The van der Waals surface area contributed by atoms with E-state index in [4.69, 9.17) is 17.3 Å². The van der Waals surface area contributed by atoms with Gasteiger partial charge in [0.2, 0.25) is 0 Å². The summed E-state index contributed by atoms with van der Waals surface area (Å²) in [6, 6.07) is 4.38. The summed E-state index contributed by atoms with van der Waals surface area (Å²) in [5.74, 6) is 0.0858. The molecule has 2 rings (SSSR count). The molecular formula is C10H10ClFN4. The van der Waals surface area contributed by atoms with Gasteiger partial charge in [-0.3, -0.25) is 4.68 Å². The summed E-state index contributed by atoms with van der Waals surface area (Å²) in [6.45, 7) is 0. The number of nitrogens with zero attached hydrogens (tertiary/aromatic N) is 2. The standard InChI is InChI=1S/C10H10ClFN4/c1-16-3-2-10(15-16)14-9-4-6(11)7(12)5-8(9)13/h2-5H,13H2,1H3,(H,14,15). The maximum absolute atomic E-state index is 13.0. The SMILES string of the molecule is Cn1ccc(Nc2cc(Cl)c(F)cc2N)n1. The van der Waals surface area contributed by atoms with Crippen LogP contribution in [0.4, 0.5) is 21.6 Å². The number of nitrogen functional groups attached to an aromatic ring is 1. The van der Waals surface area contributed by atoms with Crippen LogP contribution in [0.25, 0.3) is 0 Å². The Balaban J connectivity index is 2.31. The number of rotatable bonds is 2. The third-order valence-electron chi connectivity index (χ3n) is 2.07. The lowest BCUT2D eigenvalue weighted by atomic mass is 10.2. The first kappa shape index (κ1) is 10.8. The molecule has 1 aromatic heterocycles. The fourth-order valence-electron chi connectivity index (χ4n) is 1.29. The van der Waals surface area contributed by atoms with Crippen molar-refractivity contribution in [2.24, 2.45) is 7.05 Å². The zero-order chi connectivity index (χ0) is 11.7. The van der Waals surface area contributed by atoms with Gasteiger partial charge >= 0.3 is 0 Å². The Bertz CT molecular complexity index is 524.